The number of carbonyl (C=O) groups is 1. The fourth-order valence-electron chi connectivity index (χ4n) is 3.05. The van der Waals surface area contributed by atoms with Gasteiger partial charge in [-0.15, -0.1) is 0 Å². The van der Waals surface area contributed by atoms with Gasteiger partial charge >= 0.3 is 0 Å². The third-order valence-electron chi connectivity index (χ3n) is 4.60. The molecular formula is C18H20N2O3. The molecule has 5 heteroatoms. The number of hydrogen-bond donors (Lipinski definition) is 2. The molecule has 1 amide bonds. The molecule has 1 aromatic heterocycles. The first-order valence-corrected chi connectivity index (χ1v) is 8.24. The van der Waals surface area contributed by atoms with E-state index in [1.807, 2.05) is 24.3 Å². The molecule has 2 fully saturated rings. The molecule has 0 spiro atoms. The number of fused-ring (bicyclic) bond motifs is 1. The first-order valence-electron chi connectivity index (χ1n) is 8.24. The fourth-order valence-corrected chi connectivity index (χ4v) is 3.05. The molecule has 5 nitrogen and oxygen atoms in total. The van der Waals surface area contributed by atoms with Gasteiger partial charge in [-0.05, 0) is 55.7 Å². The zero-order valence-electron chi connectivity index (χ0n) is 12.9. The Hall–Kier alpha value is -2.14. The molecule has 23 heavy (non-hydrogen) atoms. The number of anilines is 1. The minimum Gasteiger partial charge on any atom is -0.488 e. The summed E-state index contributed by atoms with van der Waals surface area (Å²) in [5.74, 6) is 1.57. The van der Waals surface area contributed by atoms with Gasteiger partial charge in [0.2, 0.25) is 5.91 Å². The van der Waals surface area contributed by atoms with Crippen molar-refractivity contribution in [1.29, 1.82) is 0 Å². The zero-order valence-corrected chi connectivity index (χ0v) is 12.9. The predicted octanol–water partition coefficient (Wildman–Crippen LogP) is 2.88. The Labute approximate surface area is 134 Å². The van der Waals surface area contributed by atoms with Crippen LogP contribution in [0.4, 0.5) is 5.82 Å². The van der Waals surface area contributed by atoms with E-state index in [1.165, 1.54) is 0 Å². The van der Waals surface area contributed by atoms with E-state index in [4.69, 9.17) is 4.74 Å². The van der Waals surface area contributed by atoms with Gasteiger partial charge in [0.1, 0.15) is 17.7 Å². The summed E-state index contributed by atoms with van der Waals surface area (Å²) in [6.45, 7) is 0. The number of aliphatic hydroxyl groups is 1. The van der Waals surface area contributed by atoms with Gasteiger partial charge in [-0.2, -0.15) is 0 Å². The van der Waals surface area contributed by atoms with Gasteiger partial charge in [0.05, 0.1) is 6.10 Å². The van der Waals surface area contributed by atoms with Crippen molar-refractivity contribution in [3.05, 3.63) is 30.5 Å². The molecule has 1 unspecified atom stereocenters. The van der Waals surface area contributed by atoms with E-state index in [0.29, 0.717) is 5.82 Å². The third kappa shape index (κ3) is 3.15. The van der Waals surface area contributed by atoms with Gasteiger partial charge in [-0.1, -0.05) is 6.07 Å². The van der Waals surface area contributed by atoms with Crippen molar-refractivity contribution in [2.45, 2.75) is 44.3 Å². The quantitative estimate of drug-likeness (QED) is 0.910. The maximum Gasteiger partial charge on any atom is 0.228 e. The van der Waals surface area contributed by atoms with Crippen LogP contribution in [-0.2, 0) is 4.79 Å². The average molecular weight is 312 g/mol. The Balaban J connectivity index is 1.51. The molecular weight excluding hydrogens is 292 g/mol. The average Bonchev–Trinajstić information content (AvgIpc) is 3.32. The molecule has 2 saturated carbocycles. The largest absolute Gasteiger partial charge is 0.488 e. The lowest BCUT2D eigenvalue weighted by atomic mass is 10.1. The summed E-state index contributed by atoms with van der Waals surface area (Å²) < 4.78 is 5.88. The summed E-state index contributed by atoms with van der Waals surface area (Å²) in [5, 5.41) is 14.7. The molecule has 0 bridgehead atoms. The Bertz CT molecular complexity index is 742. The molecule has 2 aromatic rings. The van der Waals surface area contributed by atoms with Crippen molar-refractivity contribution >= 4 is 22.5 Å². The van der Waals surface area contributed by atoms with Crippen molar-refractivity contribution in [3.8, 4) is 5.75 Å². The second-order valence-corrected chi connectivity index (χ2v) is 6.50. The van der Waals surface area contributed by atoms with Crippen LogP contribution >= 0.6 is 0 Å². The molecule has 1 aromatic carbocycles. The number of pyridine rings is 1. The molecule has 2 N–H and O–H groups in total. The van der Waals surface area contributed by atoms with E-state index in [1.54, 1.807) is 6.20 Å². The Morgan fingerprint density at radius 1 is 1.17 bits per heavy atom. The highest BCUT2D eigenvalue weighted by Gasteiger charge is 2.30. The monoisotopic (exact) mass is 312 g/mol. The highest BCUT2D eigenvalue weighted by atomic mass is 16.5. The lowest BCUT2D eigenvalue weighted by Gasteiger charge is -2.17. The van der Waals surface area contributed by atoms with Crippen molar-refractivity contribution in [1.82, 2.24) is 4.98 Å². The van der Waals surface area contributed by atoms with Gasteiger partial charge in [0.25, 0.3) is 0 Å². The summed E-state index contributed by atoms with van der Waals surface area (Å²) in [6.07, 6.45) is 5.93. The molecule has 120 valence electrons. The number of ether oxygens (including phenoxy) is 1. The number of nitrogens with one attached hydrogen (secondary N) is 1. The highest BCUT2D eigenvalue weighted by Crippen LogP contribution is 2.31. The molecule has 0 saturated heterocycles. The van der Waals surface area contributed by atoms with Crippen molar-refractivity contribution in [2.75, 3.05) is 5.32 Å². The van der Waals surface area contributed by atoms with Crippen LogP contribution in [0, 0.1) is 5.92 Å². The first kappa shape index (κ1) is 14.5. The van der Waals surface area contributed by atoms with Gasteiger partial charge in [0.15, 0.2) is 0 Å². The molecule has 2 aliphatic carbocycles. The molecule has 2 atom stereocenters. The number of amides is 1. The lowest BCUT2D eigenvalue weighted by Crippen LogP contribution is -2.25. The van der Waals surface area contributed by atoms with Crippen LogP contribution in [0.3, 0.4) is 0 Å². The maximum absolute atomic E-state index is 11.8. The van der Waals surface area contributed by atoms with Crippen LogP contribution in [0.15, 0.2) is 30.5 Å². The van der Waals surface area contributed by atoms with E-state index in [2.05, 4.69) is 10.3 Å². The minimum absolute atomic E-state index is 0.0621. The first-order chi connectivity index (χ1) is 11.2. The number of benzene rings is 1. The smallest absolute Gasteiger partial charge is 0.228 e. The van der Waals surface area contributed by atoms with E-state index >= 15 is 0 Å². The second kappa shape index (κ2) is 5.81. The minimum atomic E-state index is -0.371. The molecule has 4 rings (SSSR count). The molecule has 0 radical (unpaired) electrons. The Morgan fingerprint density at radius 2 is 2.04 bits per heavy atom. The SMILES string of the molecule is O=C(Nc1cc2ccc(OC3CCC[C@H]3O)cc2cn1)C1CC1. The zero-order chi connectivity index (χ0) is 15.8. The molecule has 2 aliphatic rings. The summed E-state index contributed by atoms with van der Waals surface area (Å²) >= 11 is 0. The number of nitrogens with zero attached hydrogens (tertiary/aromatic N) is 1. The van der Waals surface area contributed by atoms with Crippen LogP contribution in [-0.4, -0.2) is 28.2 Å². The van der Waals surface area contributed by atoms with Crippen molar-refractivity contribution in [2.24, 2.45) is 5.92 Å². The number of carbonyl (C=O) groups excluding carboxylic acids is 1. The van der Waals surface area contributed by atoms with Crippen LogP contribution < -0.4 is 10.1 Å². The van der Waals surface area contributed by atoms with E-state index in [9.17, 15) is 9.90 Å². The number of rotatable bonds is 4. The summed E-state index contributed by atoms with van der Waals surface area (Å²) in [4.78, 5) is 16.1. The number of hydrogen-bond acceptors (Lipinski definition) is 4. The van der Waals surface area contributed by atoms with Gasteiger partial charge in [0, 0.05) is 17.5 Å². The van der Waals surface area contributed by atoms with Gasteiger partial charge in [-0.3, -0.25) is 4.79 Å². The fraction of sp³-hybridized carbons (Fsp3) is 0.444. The van der Waals surface area contributed by atoms with Crippen LogP contribution in [0.2, 0.25) is 0 Å². The molecule has 1 heterocycles. The van der Waals surface area contributed by atoms with Gasteiger partial charge in [-0.25, -0.2) is 4.98 Å². The standard InChI is InChI=1S/C18H20N2O3/c21-15-2-1-3-16(15)23-14-7-6-12-9-17(19-10-13(12)8-14)20-18(22)11-4-5-11/h6-11,15-16,21H,1-5H2,(H,19,20,22)/t15-,16?/m1/s1. The molecule has 0 aliphatic heterocycles. The predicted molar refractivity (Wildman–Crippen MR) is 87.4 cm³/mol. The van der Waals surface area contributed by atoms with Gasteiger partial charge < -0.3 is 15.2 Å². The second-order valence-electron chi connectivity index (χ2n) is 6.50. The topological polar surface area (TPSA) is 71.5 Å². The summed E-state index contributed by atoms with van der Waals surface area (Å²) in [5.41, 5.74) is 0. The van der Waals surface area contributed by atoms with Crippen molar-refractivity contribution in [3.63, 3.8) is 0 Å². The van der Waals surface area contributed by atoms with Crippen LogP contribution in [0.25, 0.3) is 10.8 Å². The summed E-state index contributed by atoms with van der Waals surface area (Å²) in [6, 6.07) is 7.67. The highest BCUT2D eigenvalue weighted by molar-refractivity contribution is 5.95. The van der Waals surface area contributed by atoms with E-state index < -0.39 is 0 Å². The third-order valence-corrected chi connectivity index (χ3v) is 4.60. The van der Waals surface area contributed by atoms with Crippen molar-refractivity contribution < 1.29 is 14.6 Å². The number of aliphatic hydroxyl groups excluding tert-OH is 1. The Kier molecular flexibility index (Phi) is 3.65. The van der Waals surface area contributed by atoms with Crippen LogP contribution in [0.1, 0.15) is 32.1 Å². The lowest BCUT2D eigenvalue weighted by molar-refractivity contribution is -0.117. The Morgan fingerprint density at radius 3 is 2.78 bits per heavy atom. The number of aromatic nitrogens is 1. The normalized spacial score (nSPS) is 23.9. The maximum atomic E-state index is 11.8. The van der Waals surface area contributed by atoms with E-state index in [-0.39, 0.29) is 24.0 Å². The van der Waals surface area contributed by atoms with Crippen LogP contribution in [0.5, 0.6) is 5.75 Å². The van der Waals surface area contributed by atoms with E-state index in [0.717, 1.165) is 48.6 Å². The summed E-state index contributed by atoms with van der Waals surface area (Å²) in [7, 11) is 0.